The van der Waals surface area contributed by atoms with Gasteiger partial charge in [-0.2, -0.15) is 0 Å². The van der Waals surface area contributed by atoms with E-state index in [1.807, 2.05) is 89.8 Å². The van der Waals surface area contributed by atoms with Crippen LogP contribution in [0.25, 0.3) is 0 Å². The van der Waals surface area contributed by atoms with Crippen molar-refractivity contribution in [2.75, 3.05) is 46.1 Å². The minimum absolute atomic E-state index is 0.0233. The number of ether oxygens (including phenoxy) is 5. The third kappa shape index (κ3) is 7.91. The van der Waals surface area contributed by atoms with E-state index in [9.17, 15) is 4.79 Å². The van der Waals surface area contributed by atoms with Crippen molar-refractivity contribution in [3.05, 3.63) is 118 Å². The van der Waals surface area contributed by atoms with E-state index in [4.69, 9.17) is 23.7 Å². The summed E-state index contributed by atoms with van der Waals surface area (Å²) >= 11 is 0. The zero-order valence-corrected chi connectivity index (χ0v) is 29.0. The number of nitrogens with zero attached hydrogens (tertiary/aromatic N) is 1. The number of carbonyl (C=O) groups excluding carboxylic acids is 1. The van der Waals surface area contributed by atoms with Crippen molar-refractivity contribution in [2.24, 2.45) is 10.8 Å². The molecule has 4 aromatic carbocycles. The first kappa shape index (κ1) is 33.1. The second kappa shape index (κ2) is 13.9. The summed E-state index contributed by atoms with van der Waals surface area (Å²) < 4.78 is 29.9. The van der Waals surface area contributed by atoms with Gasteiger partial charge >= 0.3 is 0 Å². The molecule has 1 fully saturated rings. The molecule has 0 bridgehead atoms. The lowest BCUT2D eigenvalue weighted by atomic mass is 9.97. The Morgan fingerprint density at radius 2 is 1.04 bits per heavy atom. The zero-order valence-electron chi connectivity index (χ0n) is 29.0. The summed E-state index contributed by atoms with van der Waals surface area (Å²) in [5.74, 6) is 15.8. The average molecular weight is 668 g/mol. The molecule has 7 rings (SSSR count). The molecule has 0 spiro atoms. The molecule has 0 aromatic heterocycles. The van der Waals surface area contributed by atoms with Crippen molar-refractivity contribution < 1.29 is 28.5 Å². The van der Waals surface area contributed by atoms with Gasteiger partial charge in [-0.05, 0) is 78.4 Å². The van der Waals surface area contributed by atoms with Gasteiger partial charge in [0.05, 0.1) is 39.6 Å². The molecule has 0 aliphatic carbocycles. The molecule has 50 heavy (non-hydrogen) atoms. The molecule has 1 saturated heterocycles. The molecule has 1 atom stereocenters. The van der Waals surface area contributed by atoms with Crippen LogP contribution in [-0.4, -0.2) is 56.9 Å². The van der Waals surface area contributed by atoms with Crippen molar-refractivity contribution in [3.8, 4) is 46.7 Å². The highest BCUT2D eigenvalue weighted by Gasteiger charge is 2.28. The van der Waals surface area contributed by atoms with Crippen LogP contribution in [0.15, 0.2) is 84.9 Å². The fourth-order valence-corrected chi connectivity index (χ4v) is 5.80. The van der Waals surface area contributed by atoms with E-state index in [0.717, 1.165) is 45.1 Å². The molecule has 1 unspecified atom stereocenters. The van der Waals surface area contributed by atoms with E-state index >= 15 is 0 Å². The van der Waals surface area contributed by atoms with E-state index in [0.29, 0.717) is 57.4 Å². The molecule has 0 radical (unpaired) electrons. The van der Waals surface area contributed by atoms with Crippen LogP contribution in [0.3, 0.4) is 0 Å². The summed E-state index contributed by atoms with van der Waals surface area (Å²) in [6.07, 6.45) is -0.216. The highest BCUT2D eigenvalue weighted by molar-refractivity contribution is 5.94. The van der Waals surface area contributed by atoms with Crippen molar-refractivity contribution in [2.45, 2.75) is 33.8 Å². The quantitative estimate of drug-likeness (QED) is 0.209. The maximum absolute atomic E-state index is 13.5. The van der Waals surface area contributed by atoms with Gasteiger partial charge in [0, 0.05) is 45.2 Å². The van der Waals surface area contributed by atoms with Gasteiger partial charge in [-0.15, -0.1) is 0 Å². The Bertz CT molecular complexity index is 2010. The first-order valence-corrected chi connectivity index (χ1v) is 17.0. The van der Waals surface area contributed by atoms with Gasteiger partial charge in [-0.3, -0.25) is 4.79 Å². The smallest absolute Gasteiger partial charge is 0.254 e. The molecular formula is C43H41NO6. The van der Waals surface area contributed by atoms with Gasteiger partial charge < -0.3 is 28.6 Å². The van der Waals surface area contributed by atoms with Crippen LogP contribution in [0.1, 0.15) is 72.0 Å². The largest absolute Gasteiger partial charge is 0.489 e. The number of carbonyl (C=O) groups is 1. The third-order valence-corrected chi connectivity index (χ3v) is 8.83. The summed E-state index contributed by atoms with van der Waals surface area (Å²) in [7, 11) is 0. The lowest BCUT2D eigenvalue weighted by Crippen LogP contribution is -2.42. The third-order valence-electron chi connectivity index (χ3n) is 8.83. The van der Waals surface area contributed by atoms with Crippen LogP contribution in [0.5, 0.6) is 23.0 Å². The normalized spacial score (nSPS) is 18.6. The van der Waals surface area contributed by atoms with Crippen LogP contribution >= 0.6 is 0 Å². The van der Waals surface area contributed by atoms with Crippen molar-refractivity contribution in [1.29, 1.82) is 0 Å². The maximum atomic E-state index is 13.5. The van der Waals surface area contributed by atoms with Crippen LogP contribution in [-0.2, 0) is 4.74 Å². The Balaban J connectivity index is 0.956. The molecule has 4 aromatic rings. The lowest BCUT2D eigenvalue weighted by Gasteiger charge is -2.33. The van der Waals surface area contributed by atoms with Gasteiger partial charge in [-0.1, -0.05) is 63.5 Å². The van der Waals surface area contributed by atoms with E-state index < -0.39 is 0 Å². The van der Waals surface area contributed by atoms with Gasteiger partial charge in [0.2, 0.25) is 0 Å². The molecule has 3 aliphatic rings. The minimum Gasteiger partial charge on any atom is -0.489 e. The predicted octanol–water partition coefficient (Wildman–Crippen LogP) is 7.29. The SMILES string of the molecule is CC1(C)COc2ccc(C#Cc3ccc(C(=O)N4CCOC(c5ccc(C#Cc6ccc7c(c6)OCC(C)(C)CO7)cc5)C4)cc3)cc2OC1. The Morgan fingerprint density at radius 1 is 0.600 bits per heavy atom. The van der Waals surface area contributed by atoms with Crippen LogP contribution in [0.4, 0.5) is 0 Å². The van der Waals surface area contributed by atoms with Crippen LogP contribution in [0, 0.1) is 34.5 Å². The van der Waals surface area contributed by atoms with Crippen LogP contribution < -0.4 is 18.9 Å². The number of fused-ring (bicyclic) bond motifs is 2. The number of hydrogen-bond donors (Lipinski definition) is 0. The number of morpholine rings is 1. The standard InChI is InChI=1S/C43H41NO6/c1-42(2)26-47-36-19-13-32(23-38(36)49-28-42)7-5-30-9-15-34(16-10-30)40-25-44(21-22-46-40)41(45)35-17-11-31(12-18-35)6-8-33-14-20-37-39(24-33)50-29-43(3,4)27-48-37/h9-20,23-24,40H,21-22,25-29H2,1-4H3. The predicted molar refractivity (Wildman–Crippen MR) is 192 cm³/mol. The summed E-state index contributed by atoms with van der Waals surface area (Å²) in [5, 5.41) is 0. The zero-order chi connectivity index (χ0) is 34.7. The molecule has 0 N–H and O–H groups in total. The summed E-state index contributed by atoms with van der Waals surface area (Å²) in [5.41, 5.74) is 4.95. The van der Waals surface area contributed by atoms with Gasteiger partial charge in [0.25, 0.3) is 5.91 Å². The van der Waals surface area contributed by atoms with Gasteiger partial charge in [0.15, 0.2) is 23.0 Å². The first-order chi connectivity index (χ1) is 24.1. The van der Waals surface area contributed by atoms with Crippen molar-refractivity contribution in [3.63, 3.8) is 0 Å². The monoisotopic (exact) mass is 667 g/mol. The Labute approximate surface area is 294 Å². The summed E-state index contributed by atoms with van der Waals surface area (Å²) in [6.45, 7) is 12.4. The fourth-order valence-electron chi connectivity index (χ4n) is 5.80. The average Bonchev–Trinajstić information content (AvgIpc) is 3.39. The number of benzene rings is 4. The molecule has 0 saturated carbocycles. The summed E-state index contributed by atoms with van der Waals surface area (Å²) in [6, 6.07) is 27.0. The number of rotatable bonds is 2. The Kier molecular flexibility index (Phi) is 9.19. The van der Waals surface area contributed by atoms with Crippen LogP contribution in [0.2, 0.25) is 0 Å². The number of hydrogen-bond acceptors (Lipinski definition) is 6. The molecule has 3 aliphatic heterocycles. The fraction of sp³-hybridized carbons (Fsp3) is 0.326. The van der Waals surface area contributed by atoms with E-state index in [1.165, 1.54) is 0 Å². The highest BCUT2D eigenvalue weighted by atomic mass is 16.5. The Morgan fingerprint density at radius 3 is 1.56 bits per heavy atom. The summed E-state index contributed by atoms with van der Waals surface area (Å²) in [4.78, 5) is 15.3. The van der Waals surface area contributed by atoms with E-state index in [2.05, 4.69) is 51.4 Å². The molecule has 254 valence electrons. The van der Waals surface area contributed by atoms with E-state index in [-0.39, 0.29) is 22.8 Å². The maximum Gasteiger partial charge on any atom is 0.254 e. The molecular weight excluding hydrogens is 626 g/mol. The highest BCUT2D eigenvalue weighted by Crippen LogP contribution is 2.35. The molecule has 1 amide bonds. The van der Waals surface area contributed by atoms with Crippen molar-refractivity contribution >= 4 is 5.91 Å². The molecule has 3 heterocycles. The second-order valence-corrected chi connectivity index (χ2v) is 14.6. The van der Waals surface area contributed by atoms with E-state index in [1.54, 1.807) is 0 Å². The van der Waals surface area contributed by atoms with Crippen molar-refractivity contribution in [1.82, 2.24) is 4.90 Å². The first-order valence-electron chi connectivity index (χ1n) is 17.0. The second-order valence-electron chi connectivity index (χ2n) is 14.6. The molecule has 7 nitrogen and oxygen atoms in total. The molecule has 7 heteroatoms. The minimum atomic E-state index is -0.216. The topological polar surface area (TPSA) is 66.5 Å². The van der Waals surface area contributed by atoms with Gasteiger partial charge in [0.1, 0.15) is 6.10 Å². The Hall–Kier alpha value is -5.37. The lowest BCUT2D eigenvalue weighted by molar-refractivity contribution is -0.0228. The van der Waals surface area contributed by atoms with Gasteiger partial charge in [-0.25, -0.2) is 0 Å². The number of amides is 1.